The number of ether oxygens (including phenoxy) is 2. The number of imide groups is 1. The van der Waals surface area contributed by atoms with Crippen LogP contribution in [0.1, 0.15) is 97.9 Å². The summed E-state index contributed by atoms with van der Waals surface area (Å²) >= 11 is 0. The third kappa shape index (κ3) is 13.1. The van der Waals surface area contributed by atoms with Crippen molar-refractivity contribution in [2.75, 3.05) is 46.1 Å². The summed E-state index contributed by atoms with van der Waals surface area (Å²) in [5.74, 6) is -4.97. The van der Waals surface area contributed by atoms with Crippen LogP contribution in [0.15, 0.2) is 59.4 Å². The number of pyridine rings is 2. The SMILES string of the molecule is CC.Cc1c(F)cc2nc3c(c4c2c1CC[C@@]4(C)COCNC(=O)CNC(=O)CNC(=O)CNC(=O)CNC(=O)CCCCCN1C(=O)C=CC1=O)Cn1c-3cc2c(c1=O)COC(=O)C2O.Cc1ccccc1. The second kappa shape index (κ2) is 24.7. The number of aryl methyl sites for hydroxylation is 2. The fourth-order valence-electron chi connectivity index (χ4n) is 8.96. The van der Waals surface area contributed by atoms with Gasteiger partial charge in [-0.15, -0.1) is 0 Å². The first-order valence-electron chi connectivity index (χ1n) is 24.2. The van der Waals surface area contributed by atoms with Crippen molar-refractivity contribution in [3.05, 3.63) is 110 Å². The number of benzene rings is 2. The van der Waals surface area contributed by atoms with Gasteiger partial charge >= 0.3 is 5.97 Å². The quantitative estimate of drug-likeness (QED) is 0.0319. The Balaban J connectivity index is 0.000000880. The van der Waals surface area contributed by atoms with Gasteiger partial charge in [0, 0.05) is 53.1 Å². The number of nitrogens with zero attached hydrogens (tertiary/aromatic N) is 3. The van der Waals surface area contributed by atoms with E-state index in [0.717, 1.165) is 27.0 Å². The molecule has 0 radical (unpaired) electrons. The van der Waals surface area contributed by atoms with Crippen LogP contribution in [0.2, 0.25) is 0 Å². The van der Waals surface area contributed by atoms with Gasteiger partial charge in [-0.1, -0.05) is 63.1 Å². The van der Waals surface area contributed by atoms with E-state index >= 15 is 4.39 Å². The second-order valence-corrected chi connectivity index (χ2v) is 17.9. The van der Waals surface area contributed by atoms with E-state index in [4.69, 9.17) is 14.5 Å². The number of rotatable bonds is 18. The number of hydrogen-bond donors (Lipinski definition) is 6. The van der Waals surface area contributed by atoms with Gasteiger partial charge in [0.05, 0.1) is 61.8 Å². The lowest BCUT2D eigenvalue weighted by molar-refractivity contribution is -0.157. The minimum Gasteiger partial charge on any atom is -0.458 e. The summed E-state index contributed by atoms with van der Waals surface area (Å²) in [4.78, 5) is 116. The molecule has 0 saturated heterocycles. The Kier molecular flexibility index (Phi) is 18.5. The molecule has 21 heteroatoms. The van der Waals surface area contributed by atoms with E-state index in [1.165, 1.54) is 28.3 Å². The Morgan fingerprint density at radius 1 is 0.808 bits per heavy atom. The van der Waals surface area contributed by atoms with Gasteiger partial charge in [-0.3, -0.25) is 43.3 Å². The third-order valence-electron chi connectivity index (χ3n) is 12.8. The number of halogens is 1. The number of amides is 7. The monoisotopic (exact) mass is 1010 g/mol. The molecule has 2 aromatic heterocycles. The molecule has 8 rings (SSSR count). The van der Waals surface area contributed by atoms with E-state index in [9.17, 15) is 48.3 Å². The number of carbonyl (C=O) groups is 8. The van der Waals surface area contributed by atoms with E-state index in [1.54, 1.807) is 13.0 Å². The Morgan fingerprint density at radius 3 is 2.01 bits per heavy atom. The summed E-state index contributed by atoms with van der Waals surface area (Å²) in [6.07, 6.45) is 3.56. The molecule has 0 spiro atoms. The fourth-order valence-corrected chi connectivity index (χ4v) is 8.96. The molecule has 2 atom stereocenters. The summed E-state index contributed by atoms with van der Waals surface area (Å²) in [5.41, 5.74) is 4.55. The molecule has 6 N–H and O–H groups in total. The lowest BCUT2D eigenvalue weighted by atomic mass is 9.69. The maximum absolute atomic E-state index is 15.2. The molecule has 7 amide bonds. The Morgan fingerprint density at radius 2 is 1.41 bits per heavy atom. The molecular formula is C52H61FN8O12. The highest BCUT2D eigenvalue weighted by Crippen LogP contribution is 2.48. The van der Waals surface area contributed by atoms with Crippen LogP contribution < -0.4 is 32.1 Å². The topological polar surface area (TPSA) is 274 Å². The van der Waals surface area contributed by atoms with E-state index in [-0.39, 0.29) is 74.8 Å². The zero-order valence-corrected chi connectivity index (χ0v) is 41.5. The average molecular weight is 1010 g/mol. The first-order chi connectivity index (χ1) is 34.9. The largest absolute Gasteiger partial charge is 0.458 e. The maximum atomic E-state index is 15.2. The van der Waals surface area contributed by atoms with E-state index in [0.29, 0.717) is 54.6 Å². The highest BCUT2D eigenvalue weighted by molar-refractivity contribution is 6.12. The highest BCUT2D eigenvalue weighted by atomic mass is 19.1. The van der Waals surface area contributed by atoms with Crippen molar-refractivity contribution >= 4 is 58.2 Å². The first-order valence-corrected chi connectivity index (χ1v) is 24.2. The van der Waals surface area contributed by atoms with Gasteiger partial charge in [0.1, 0.15) is 19.2 Å². The number of fused-ring (bicyclic) bond motifs is 5. The Labute approximate surface area is 420 Å². The van der Waals surface area contributed by atoms with Crippen molar-refractivity contribution in [1.29, 1.82) is 0 Å². The number of aliphatic hydroxyl groups is 1. The number of aromatic nitrogens is 2. The third-order valence-corrected chi connectivity index (χ3v) is 12.8. The molecular weight excluding hydrogens is 948 g/mol. The summed E-state index contributed by atoms with van der Waals surface area (Å²) < 4.78 is 27.8. The lowest BCUT2D eigenvalue weighted by Crippen LogP contribution is -2.45. The van der Waals surface area contributed by atoms with Crippen LogP contribution >= 0.6 is 0 Å². The van der Waals surface area contributed by atoms with Gasteiger partial charge in [0.15, 0.2) is 6.10 Å². The number of nitrogens with one attached hydrogen (secondary N) is 5. The number of esters is 1. The molecule has 4 aliphatic rings. The summed E-state index contributed by atoms with van der Waals surface area (Å²) in [6.45, 7) is 8.02. The standard InChI is InChI=1S/C43H47FN8O12.C7H8.C2H6/c1-22-23-9-10-43(2,38-25-18-52-29(39(25)50-28(37(23)38)13-27(22)44)12-24-26(41(52)61)19-64-42(62)40(24)60)20-63-21-49-34(57)17-48-33(56)16-47-32(55)15-46-31(54)14-45-30(53)6-4-3-5-11-51-35(58)7-8-36(51)59;1-7-5-3-2-4-6-7;1-2/h7-8,12-13,40,60H,3-6,9-11,14-21H2,1-2H3,(H,45,53)(H,46,54)(H,47,55)(H,48,56)(H,49,57);2-6H,1H3;1-2H3/t40?,43-;;/m0../s1. The van der Waals surface area contributed by atoms with Crippen molar-refractivity contribution in [2.45, 2.75) is 97.8 Å². The molecule has 73 heavy (non-hydrogen) atoms. The molecule has 4 aromatic rings. The van der Waals surface area contributed by atoms with Gasteiger partial charge in [0.2, 0.25) is 29.5 Å². The number of hydrogen-bond acceptors (Lipinski definition) is 13. The highest BCUT2D eigenvalue weighted by Gasteiger charge is 2.41. The summed E-state index contributed by atoms with van der Waals surface area (Å²) in [5, 5.41) is 23.4. The molecule has 0 fully saturated rings. The number of carbonyl (C=O) groups excluding carboxylic acids is 8. The molecule has 2 aromatic carbocycles. The Hall–Kier alpha value is -7.65. The van der Waals surface area contributed by atoms with Crippen LogP contribution in [0.5, 0.6) is 0 Å². The number of cyclic esters (lactones) is 1. The summed E-state index contributed by atoms with van der Waals surface area (Å²) in [7, 11) is 0. The van der Waals surface area contributed by atoms with Crippen LogP contribution in [0, 0.1) is 19.7 Å². The van der Waals surface area contributed by atoms with Gasteiger partial charge in [0.25, 0.3) is 17.4 Å². The Bertz CT molecular complexity index is 2890. The zero-order chi connectivity index (χ0) is 53.0. The lowest BCUT2D eigenvalue weighted by Gasteiger charge is -2.37. The predicted molar refractivity (Wildman–Crippen MR) is 264 cm³/mol. The van der Waals surface area contributed by atoms with Crippen molar-refractivity contribution in [2.24, 2.45) is 0 Å². The average Bonchev–Trinajstić information content (AvgIpc) is 3.91. The maximum Gasteiger partial charge on any atom is 0.340 e. The second-order valence-electron chi connectivity index (χ2n) is 17.9. The smallest absolute Gasteiger partial charge is 0.340 e. The molecule has 1 aliphatic carbocycles. The first kappa shape index (κ1) is 54.7. The van der Waals surface area contributed by atoms with Gasteiger partial charge < -0.3 is 45.7 Å². The molecule has 3 aliphatic heterocycles. The fraction of sp³-hybridized carbons (Fsp3) is 0.423. The van der Waals surface area contributed by atoms with Crippen molar-refractivity contribution in [3.8, 4) is 11.4 Å². The minimum absolute atomic E-state index is 0.103. The molecule has 0 bridgehead atoms. The number of unbranched alkanes of at least 4 members (excludes halogenated alkanes) is 2. The van der Waals surface area contributed by atoms with Crippen molar-refractivity contribution < 1.29 is 57.3 Å². The normalized spacial score (nSPS) is 16.7. The van der Waals surface area contributed by atoms with Crippen molar-refractivity contribution in [3.63, 3.8) is 0 Å². The van der Waals surface area contributed by atoms with Gasteiger partial charge in [-0.2, -0.15) is 0 Å². The predicted octanol–water partition coefficient (Wildman–Crippen LogP) is 2.23. The molecule has 5 heterocycles. The van der Waals surface area contributed by atoms with E-state index in [2.05, 4.69) is 45.6 Å². The van der Waals surface area contributed by atoms with Crippen molar-refractivity contribution in [1.82, 2.24) is 41.0 Å². The van der Waals surface area contributed by atoms with Crippen LogP contribution in [-0.2, 0) is 72.8 Å². The van der Waals surface area contributed by atoms with E-state index < -0.39 is 72.1 Å². The zero-order valence-electron chi connectivity index (χ0n) is 41.5. The summed E-state index contributed by atoms with van der Waals surface area (Å²) in [6, 6.07) is 13.2. The van der Waals surface area contributed by atoms with Crippen LogP contribution in [0.3, 0.4) is 0 Å². The van der Waals surface area contributed by atoms with Crippen LogP contribution in [0.4, 0.5) is 4.39 Å². The van der Waals surface area contributed by atoms with E-state index in [1.807, 2.05) is 39.0 Å². The number of aliphatic hydroxyl groups excluding tert-OH is 1. The molecule has 1 unspecified atom stereocenters. The minimum atomic E-state index is -1.63. The molecule has 0 saturated carbocycles. The van der Waals surface area contributed by atoms with Crippen LogP contribution in [0.25, 0.3) is 22.3 Å². The van der Waals surface area contributed by atoms with Crippen LogP contribution in [-0.4, -0.2) is 113 Å². The molecule has 20 nitrogen and oxygen atoms in total. The van der Waals surface area contributed by atoms with Gasteiger partial charge in [-0.05, 0) is 62.3 Å². The van der Waals surface area contributed by atoms with Gasteiger partial charge in [-0.25, -0.2) is 14.2 Å². The molecule has 388 valence electrons.